The third-order valence-electron chi connectivity index (χ3n) is 4.72. The second-order valence-corrected chi connectivity index (χ2v) is 8.07. The normalized spacial score (nSPS) is 11.1. The minimum absolute atomic E-state index is 0.112. The molecule has 0 aliphatic heterocycles. The fraction of sp³-hybridized carbons (Fsp3) is 0.167. The van der Waals surface area contributed by atoms with Crippen molar-refractivity contribution in [2.45, 2.75) is 20.0 Å². The Morgan fingerprint density at radius 2 is 1.86 bits per heavy atom. The molecule has 29 heavy (non-hydrogen) atoms. The van der Waals surface area contributed by atoms with Gasteiger partial charge in [0.15, 0.2) is 0 Å². The molecule has 4 nitrogen and oxygen atoms in total. The van der Waals surface area contributed by atoms with Gasteiger partial charge in [0.1, 0.15) is 10.7 Å². The van der Waals surface area contributed by atoms with Crippen LogP contribution in [0.3, 0.4) is 0 Å². The van der Waals surface area contributed by atoms with Gasteiger partial charge in [0.2, 0.25) is 0 Å². The summed E-state index contributed by atoms with van der Waals surface area (Å²) in [5.74, 6) is 3.34. The number of aryl methyl sites for hydroxylation is 1. The minimum Gasteiger partial charge on any atom is -0.309 e. The fourth-order valence-electron chi connectivity index (χ4n) is 3.26. The number of nitrogens with zero attached hydrogens (tertiary/aromatic N) is 2. The van der Waals surface area contributed by atoms with Crippen molar-refractivity contribution >= 4 is 21.6 Å². The molecule has 0 radical (unpaired) electrons. The van der Waals surface area contributed by atoms with E-state index in [1.165, 1.54) is 22.5 Å². The molecule has 0 unspecified atom stereocenters. The molecule has 0 aliphatic rings. The van der Waals surface area contributed by atoms with E-state index in [4.69, 9.17) is 11.4 Å². The second kappa shape index (κ2) is 8.44. The molecular weight excluding hydrogens is 378 g/mol. The third kappa shape index (κ3) is 4.45. The number of aromatic nitrogens is 2. The van der Waals surface area contributed by atoms with Gasteiger partial charge >= 0.3 is 0 Å². The lowest BCUT2D eigenvalue weighted by Gasteiger charge is -2.19. The Hall–Kier alpha value is -3.20. The van der Waals surface area contributed by atoms with Crippen LogP contribution in [0.15, 0.2) is 65.5 Å². The van der Waals surface area contributed by atoms with Gasteiger partial charge in [-0.1, -0.05) is 66.1 Å². The van der Waals surface area contributed by atoms with Gasteiger partial charge in [-0.05, 0) is 24.1 Å². The van der Waals surface area contributed by atoms with Gasteiger partial charge in [-0.3, -0.25) is 9.69 Å². The van der Waals surface area contributed by atoms with E-state index in [-0.39, 0.29) is 5.56 Å². The zero-order chi connectivity index (χ0) is 20.2. The molecule has 0 aliphatic carbocycles. The number of fused-ring (bicyclic) bond motifs is 1. The Bertz CT molecular complexity index is 1220. The first-order valence-corrected chi connectivity index (χ1v) is 10.2. The average Bonchev–Trinajstić information content (AvgIpc) is 3.15. The van der Waals surface area contributed by atoms with Crippen molar-refractivity contribution in [2.24, 2.45) is 0 Å². The van der Waals surface area contributed by atoms with Crippen LogP contribution in [-0.2, 0) is 13.1 Å². The molecule has 0 fully saturated rings. The Morgan fingerprint density at radius 1 is 1.10 bits per heavy atom. The van der Waals surface area contributed by atoms with Gasteiger partial charge < -0.3 is 4.98 Å². The molecule has 0 bridgehead atoms. The third-order valence-corrected chi connectivity index (χ3v) is 5.80. The quantitative estimate of drug-likeness (QED) is 0.482. The highest BCUT2D eigenvalue weighted by Gasteiger charge is 2.13. The van der Waals surface area contributed by atoms with Gasteiger partial charge in [0.05, 0.1) is 18.5 Å². The van der Waals surface area contributed by atoms with Crippen LogP contribution in [0.1, 0.15) is 17.0 Å². The molecule has 2 heterocycles. The number of terminal acetylenes is 1. The van der Waals surface area contributed by atoms with Crippen molar-refractivity contribution in [3.63, 3.8) is 0 Å². The number of hydrogen-bond acceptors (Lipinski definition) is 4. The van der Waals surface area contributed by atoms with E-state index in [1.54, 1.807) is 0 Å². The monoisotopic (exact) mass is 399 g/mol. The number of thiophene rings is 1. The summed E-state index contributed by atoms with van der Waals surface area (Å²) in [7, 11) is 0. The smallest absolute Gasteiger partial charge is 0.259 e. The Balaban J connectivity index is 1.61. The highest BCUT2D eigenvalue weighted by molar-refractivity contribution is 7.21. The van der Waals surface area contributed by atoms with E-state index in [9.17, 15) is 4.79 Å². The van der Waals surface area contributed by atoms with E-state index in [0.29, 0.717) is 30.8 Å². The van der Waals surface area contributed by atoms with Gasteiger partial charge in [-0.2, -0.15) is 0 Å². The maximum absolute atomic E-state index is 12.6. The summed E-state index contributed by atoms with van der Waals surface area (Å²) in [6, 6.07) is 20.3. The molecule has 0 atom stereocenters. The molecule has 1 N–H and O–H groups in total. The SMILES string of the molecule is C#CCN(Cc1ccc(C)cc1)Cc1nc2sc(-c3ccccc3)cc2c(=O)[nH]1. The number of rotatable bonds is 6. The topological polar surface area (TPSA) is 49.0 Å². The van der Waals surface area contributed by atoms with Crippen LogP contribution in [0.2, 0.25) is 0 Å². The first-order valence-electron chi connectivity index (χ1n) is 9.42. The Morgan fingerprint density at radius 3 is 2.59 bits per heavy atom. The van der Waals surface area contributed by atoms with Gasteiger partial charge in [-0.25, -0.2) is 4.98 Å². The lowest BCUT2D eigenvalue weighted by atomic mass is 10.1. The molecule has 4 rings (SSSR count). The summed E-state index contributed by atoms with van der Waals surface area (Å²) in [5, 5.41) is 0.625. The number of hydrogen-bond donors (Lipinski definition) is 1. The zero-order valence-electron chi connectivity index (χ0n) is 16.2. The molecule has 0 amide bonds. The first-order chi connectivity index (χ1) is 14.1. The van der Waals surface area contributed by atoms with E-state index in [1.807, 2.05) is 36.4 Å². The molecule has 144 valence electrons. The minimum atomic E-state index is -0.112. The van der Waals surface area contributed by atoms with Crippen LogP contribution in [0.4, 0.5) is 0 Å². The van der Waals surface area contributed by atoms with E-state index in [0.717, 1.165) is 15.3 Å². The van der Waals surface area contributed by atoms with Crippen LogP contribution in [0.25, 0.3) is 20.7 Å². The predicted octanol–water partition coefficient (Wildman–Crippen LogP) is 4.60. The van der Waals surface area contributed by atoms with Gasteiger partial charge in [-0.15, -0.1) is 17.8 Å². The zero-order valence-corrected chi connectivity index (χ0v) is 17.0. The van der Waals surface area contributed by atoms with Crippen molar-refractivity contribution in [3.8, 4) is 22.8 Å². The summed E-state index contributed by atoms with van der Waals surface area (Å²) in [6.07, 6.45) is 5.57. The van der Waals surface area contributed by atoms with E-state index >= 15 is 0 Å². The van der Waals surface area contributed by atoms with Crippen molar-refractivity contribution < 1.29 is 0 Å². The lowest BCUT2D eigenvalue weighted by Crippen LogP contribution is -2.25. The molecule has 2 aromatic carbocycles. The summed E-state index contributed by atoms with van der Waals surface area (Å²) < 4.78 is 0. The van der Waals surface area contributed by atoms with Crippen molar-refractivity contribution in [3.05, 3.63) is 88.0 Å². The molecule has 5 heteroatoms. The number of aromatic amines is 1. The molecule has 0 saturated carbocycles. The largest absolute Gasteiger partial charge is 0.309 e. The van der Waals surface area contributed by atoms with Crippen LogP contribution in [0.5, 0.6) is 0 Å². The van der Waals surface area contributed by atoms with Crippen molar-refractivity contribution in [1.29, 1.82) is 0 Å². The number of nitrogens with one attached hydrogen (secondary N) is 1. The van der Waals surface area contributed by atoms with Crippen LogP contribution in [-0.4, -0.2) is 21.4 Å². The van der Waals surface area contributed by atoms with E-state index < -0.39 is 0 Å². The lowest BCUT2D eigenvalue weighted by molar-refractivity contribution is 0.283. The van der Waals surface area contributed by atoms with Gasteiger partial charge in [0.25, 0.3) is 5.56 Å². The molecule has 0 saturated heterocycles. The summed E-state index contributed by atoms with van der Waals surface area (Å²) >= 11 is 1.53. The van der Waals surface area contributed by atoms with E-state index in [2.05, 4.69) is 47.0 Å². The van der Waals surface area contributed by atoms with Crippen LogP contribution < -0.4 is 5.56 Å². The van der Waals surface area contributed by atoms with Crippen molar-refractivity contribution in [2.75, 3.05) is 6.54 Å². The van der Waals surface area contributed by atoms with Crippen LogP contribution in [0, 0.1) is 19.3 Å². The molecule has 2 aromatic heterocycles. The maximum Gasteiger partial charge on any atom is 0.259 e. The second-order valence-electron chi connectivity index (χ2n) is 7.04. The Labute approximate surface area is 173 Å². The summed E-state index contributed by atoms with van der Waals surface area (Å²) in [4.78, 5) is 24.2. The number of H-pyrrole nitrogens is 1. The van der Waals surface area contributed by atoms with Gasteiger partial charge in [0, 0.05) is 11.4 Å². The summed E-state index contributed by atoms with van der Waals surface area (Å²) in [6.45, 7) is 3.74. The Kier molecular flexibility index (Phi) is 5.57. The highest BCUT2D eigenvalue weighted by Crippen LogP contribution is 2.30. The number of benzene rings is 2. The summed E-state index contributed by atoms with van der Waals surface area (Å²) in [5.41, 5.74) is 3.38. The van der Waals surface area contributed by atoms with Crippen LogP contribution >= 0.6 is 11.3 Å². The standard InChI is InChI=1S/C24H21N3OS/c1-3-13-27(15-18-11-9-17(2)10-12-18)16-22-25-23(28)20-14-21(29-24(20)26-22)19-7-5-4-6-8-19/h1,4-12,14H,13,15-16H2,2H3,(H,25,26,28). The highest BCUT2D eigenvalue weighted by atomic mass is 32.1. The fourth-order valence-corrected chi connectivity index (χ4v) is 4.31. The molecule has 4 aromatic rings. The molecule has 0 spiro atoms. The van der Waals surface area contributed by atoms with Crippen molar-refractivity contribution in [1.82, 2.24) is 14.9 Å². The average molecular weight is 400 g/mol. The first kappa shape index (κ1) is 19.1. The predicted molar refractivity (Wildman–Crippen MR) is 120 cm³/mol. The molecular formula is C24H21N3OS. The maximum atomic E-state index is 12.6.